The van der Waals surface area contributed by atoms with Crippen LogP contribution in [0.1, 0.15) is 5.56 Å². The summed E-state index contributed by atoms with van der Waals surface area (Å²) in [5.41, 5.74) is -4.25. The van der Waals surface area contributed by atoms with Gasteiger partial charge in [0, 0.05) is 38.3 Å². The molecule has 1 heterocycles. The van der Waals surface area contributed by atoms with E-state index in [1.807, 2.05) is 12.1 Å². The van der Waals surface area contributed by atoms with Crippen molar-refractivity contribution in [2.24, 2.45) is 0 Å². The maximum absolute atomic E-state index is 13.2. The molecule has 10 nitrogen and oxygen atoms in total. The van der Waals surface area contributed by atoms with Gasteiger partial charge in [0.05, 0.1) is 20.3 Å². The summed E-state index contributed by atoms with van der Waals surface area (Å²) in [5, 5.41) is 24.6. The number of hydrogen-bond donors (Lipinski definition) is 0. The second-order valence-electron chi connectivity index (χ2n) is 7.78. The number of sulfonamides is 1. The minimum atomic E-state index is -5.03. The Hall–Kier alpha value is -3.78. The number of halogens is 3. The van der Waals surface area contributed by atoms with Crippen molar-refractivity contribution in [2.75, 3.05) is 31.1 Å². The highest BCUT2D eigenvalue weighted by molar-refractivity contribution is 7.89. The number of anilines is 1. The molecule has 0 radical (unpaired) electrons. The Kier molecular flexibility index (Phi) is 6.11. The molecule has 3 aromatic rings. The van der Waals surface area contributed by atoms with Crippen LogP contribution >= 0.6 is 0 Å². The predicted octanol–water partition coefficient (Wildman–Crippen LogP) is 4.19. The molecule has 0 unspecified atom stereocenters. The van der Waals surface area contributed by atoms with E-state index < -0.39 is 48.7 Å². The van der Waals surface area contributed by atoms with E-state index in [4.69, 9.17) is 0 Å². The summed E-state index contributed by atoms with van der Waals surface area (Å²) in [5.74, 6) is 0. The summed E-state index contributed by atoms with van der Waals surface area (Å²) in [6.07, 6.45) is -5.03. The van der Waals surface area contributed by atoms with Crippen molar-refractivity contribution in [2.45, 2.75) is 11.1 Å². The molecule has 14 heteroatoms. The van der Waals surface area contributed by atoms with E-state index in [0.717, 1.165) is 9.69 Å². The van der Waals surface area contributed by atoms with Gasteiger partial charge in [-0.2, -0.15) is 17.5 Å². The molecule has 0 spiro atoms. The van der Waals surface area contributed by atoms with Crippen molar-refractivity contribution in [3.05, 3.63) is 80.4 Å². The zero-order valence-corrected chi connectivity index (χ0v) is 18.6. The third-order valence-electron chi connectivity index (χ3n) is 5.70. The van der Waals surface area contributed by atoms with Crippen LogP contribution in [0.2, 0.25) is 0 Å². The second kappa shape index (κ2) is 8.78. The monoisotopic (exact) mass is 510 g/mol. The number of benzene rings is 3. The minimum absolute atomic E-state index is 0.0381. The number of nitrogens with zero attached hydrogens (tertiary/aromatic N) is 4. The third kappa shape index (κ3) is 4.61. The lowest BCUT2D eigenvalue weighted by Crippen LogP contribution is -2.49. The number of nitro groups is 2. The molecular weight excluding hydrogens is 493 g/mol. The number of hydrogen-bond acceptors (Lipinski definition) is 7. The highest BCUT2D eigenvalue weighted by Gasteiger charge is 2.40. The highest BCUT2D eigenvalue weighted by atomic mass is 32.2. The Labute approximate surface area is 196 Å². The van der Waals surface area contributed by atoms with Crippen LogP contribution in [0.15, 0.2) is 59.5 Å². The van der Waals surface area contributed by atoms with Gasteiger partial charge in [0.15, 0.2) is 5.69 Å². The Bertz CT molecular complexity index is 1400. The van der Waals surface area contributed by atoms with Crippen molar-refractivity contribution in [1.82, 2.24) is 4.31 Å². The Balaban J connectivity index is 1.65. The SMILES string of the molecule is O=[N+]([O-])c1cc(C(F)(F)F)cc([N+](=O)[O-])c1N1CCN(S(=O)(=O)c2ccc3ccccc3c2)CC1. The maximum Gasteiger partial charge on any atom is 0.416 e. The van der Waals surface area contributed by atoms with Crippen LogP contribution in [0.4, 0.5) is 30.2 Å². The van der Waals surface area contributed by atoms with Crippen LogP contribution < -0.4 is 4.90 Å². The summed E-state index contributed by atoms with van der Waals surface area (Å²) >= 11 is 0. The largest absolute Gasteiger partial charge is 0.416 e. The van der Waals surface area contributed by atoms with Crippen LogP contribution in [-0.2, 0) is 16.2 Å². The van der Waals surface area contributed by atoms with Crippen molar-refractivity contribution in [1.29, 1.82) is 0 Å². The van der Waals surface area contributed by atoms with Crippen LogP contribution in [0.25, 0.3) is 10.8 Å². The lowest BCUT2D eigenvalue weighted by molar-refractivity contribution is -0.393. The smallest absolute Gasteiger partial charge is 0.358 e. The van der Waals surface area contributed by atoms with Gasteiger partial charge in [-0.25, -0.2) is 8.42 Å². The molecule has 0 aliphatic carbocycles. The van der Waals surface area contributed by atoms with Gasteiger partial charge in [-0.05, 0) is 22.9 Å². The molecule has 1 saturated heterocycles. The molecule has 0 bridgehead atoms. The molecule has 35 heavy (non-hydrogen) atoms. The van der Waals surface area contributed by atoms with E-state index in [1.165, 1.54) is 17.0 Å². The number of fused-ring (bicyclic) bond motifs is 1. The topological polar surface area (TPSA) is 127 Å². The lowest BCUT2D eigenvalue weighted by atomic mass is 10.1. The summed E-state index contributed by atoms with van der Waals surface area (Å²) < 4.78 is 66.9. The maximum atomic E-state index is 13.2. The fourth-order valence-electron chi connectivity index (χ4n) is 4.00. The van der Waals surface area contributed by atoms with E-state index >= 15 is 0 Å². The van der Waals surface area contributed by atoms with Crippen LogP contribution in [0.3, 0.4) is 0 Å². The molecule has 0 atom stereocenters. The third-order valence-corrected chi connectivity index (χ3v) is 7.60. The van der Waals surface area contributed by atoms with Gasteiger partial charge in [-0.3, -0.25) is 20.2 Å². The first-order chi connectivity index (χ1) is 16.4. The highest BCUT2D eigenvalue weighted by Crippen LogP contribution is 2.43. The summed E-state index contributed by atoms with van der Waals surface area (Å²) in [6.45, 7) is -0.741. The first kappa shape index (κ1) is 24.3. The Morgan fingerprint density at radius 2 is 1.34 bits per heavy atom. The molecular formula is C21H17F3N4O6S. The molecule has 0 aromatic heterocycles. The molecule has 184 valence electrons. The van der Waals surface area contributed by atoms with E-state index in [2.05, 4.69) is 0 Å². The minimum Gasteiger partial charge on any atom is -0.358 e. The van der Waals surface area contributed by atoms with Gasteiger partial charge in [0.2, 0.25) is 10.0 Å². The van der Waals surface area contributed by atoms with Gasteiger partial charge >= 0.3 is 6.18 Å². The summed E-state index contributed by atoms with van der Waals surface area (Å²) in [4.78, 5) is 22.0. The Morgan fingerprint density at radius 1 is 0.800 bits per heavy atom. The summed E-state index contributed by atoms with van der Waals surface area (Å²) in [6, 6.07) is 12.3. The lowest BCUT2D eigenvalue weighted by Gasteiger charge is -2.34. The average molecular weight is 510 g/mol. The van der Waals surface area contributed by atoms with E-state index in [9.17, 15) is 41.8 Å². The fourth-order valence-corrected chi connectivity index (χ4v) is 5.46. The zero-order chi connectivity index (χ0) is 25.5. The average Bonchev–Trinajstić information content (AvgIpc) is 2.82. The molecule has 1 aliphatic rings. The number of rotatable bonds is 5. The molecule has 4 rings (SSSR count). The molecule has 1 fully saturated rings. The van der Waals surface area contributed by atoms with E-state index in [0.29, 0.717) is 5.39 Å². The van der Waals surface area contributed by atoms with Gasteiger partial charge in [-0.1, -0.05) is 30.3 Å². The van der Waals surface area contributed by atoms with Crippen molar-refractivity contribution >= 4 is 37.9 Å². The second-order valence-corrected chi connectivity index (χ2v) is 9.71. The van der Waals surface area contributed by atoms with Crippen molar-refractivity contribution in [3.63, 3.8) is 0 Å². The molecule has 1 aliphatic heterocycles. The van der Waals surface area contributed by atoms with E-state index in [1.54, 1.807) is 18.2 Å². The first-order valence-electron chi connectivity index (χ1n) is 10.2. The molecule has 0 saturated carbocycles. The van der Waals surface area contributed by atoms with Crippen molar-refractivity contribution in [3.8, 4) is 0 Å². The van der Waals surface area contributed by atoms with Crippen molar-refractivity contribution < 1.29 is 31.4 Å². The normalized spacial score (nSPS) is 15.3. The van der Waals surface area contributed by atoms with Crippen LogP contribution in [-0.4, -0.2) is 48.7 Å². The number of alkyl halides is 3. The molecule has 0 amide bonds. The molecule has 0 N–H and O–H groups in total. The summed E-state index contributed by atoms with van der Waals surface area (Å²) in [7, 11) is -3.95. The fraction of sp³-hybridized carbons (Fsp3) is 0.238. The molecule has 3 aromatic carbocycles. The number of nitro benzene ring substituents is 2. The van der Waals surface area contributed by atoms with Gasteiger partial charge in [0.25, 0.3) is 11.4 Å². The van der Waals surface area contributed by atoms with Gasteiger partial charge < -0.3 is 4.90 Å². The predicted molar refractivity (Wildman–Crippen MR) is 120 cm³/mol. The number of piperazine rings is 1. The van der Waals surface area contributed by atoms with Crippen LogP contribution in [0, 0.1) is 20.2 Å². The van der Waals surface area contributed by atoms with Crippen LogP contribution in [0.5, 0.6) is 0 Å². The Morgan fingerprint density at radius 3 is 1.86 bits per heavy atom. The standard InChI is InChI=1S/C21H17F3N4O6S/c22-21(23,24)16-12-18(27(29)30)20(19(13-16)28(31)32)25-7-9-26(10-8-25)35(33,34)17-6-5-14-3-1-2-4-15(14)11-17/h1-6,11-13H,7-10H2. The van der Waals surface area contributed by atoms with Gasteiger partial charge in [0.1, 0.15) is 0 Å². The van der Waals surface area contributed by atoms with Gasteiger partial charge in [-0.15, -0.1) is 0 Å². The first-order valence-corrected chi connectivity index (χ1v) is 11.6. The quantitative estimate of drug-likeness (QED) is 0.372. The van der Waals surface area contributed by atoms with E-state index in [-0.39, 0.29) is 43.2 Å². The zero-order valence-electron chi connectivity index (χ0n) is 17.8.